The summed E-state index contributed by atoms with van der Waals surface area (Å²) in [5.41, 5.74) is 14.9. The number of aryl methyl sites for hydroxylation is 4. The molecule has 384 valence electrons. The van der Waals surface area contributed by atoms with Gasteiger partial charge in [0.15, 0.2) is 0 Å². The Hall–Kier alpha value is -8.78. The van der Waals surface area contributed by atoms with Crippen LogP contribution in [0.25, 0.3) is 44.8 Å². The number of hydrogen-bond acceptors (Lipinski definition) is 8. The van der Waals surface area contributed by atoms with Gasteiger partial charge in [0.2, 0.25) is 0 Å². The topological polar surface area (TPSA) is 175 Å². The maximum absolute atomic E-state index is 14.1. The normalized spacial score (nSPS) is 16.9. The van der Waals surface area contributed by atoms with Crippen LogP contribution in [0, 0.1) is 0 Å². The van der Waals surface area contributed by atoms with Crippen LogP contribution in [-0.4, -0.2) is 81.0 Å². The van der Waals surface area contributed by atoms with Crippen LogP contribution in [0.5, 0.6) is 0 Å². The number of benzene rings is 6. The Labute approximate surface area is 441 Å². The highest BCUT2D eigenvalue weighted by Crippen LogP contribution is 2.38. The molecular formula is C62H60N8O6. The molecule has 6 aromatic carbocycles. The summed E-state index contributed by atoms with van der Waals surface area (Å²) in [6.45, 7) is 1.12. The summed E-state index contributed by atoms with van der Waals surface area (Å²) < 4.78 is 9.75. The van der Waals surface area contributed by atoms with E-state index in [1.54, 1.807) is 0 Å². The average Bonchev–Trinajstić information content (AvgIpc) is 4.33. The van der Waals surface area contributed by atoms with Gasteiger partial charge in [0, 0.05) is 36.6 Å². The fourth-order valence-corrected chi connectivity index (χ4v) is 11.2. The second-order valence-corrected chi connectivity index (χ2v) is 19.8. The molecule has 8 aromatic rings. The van der Waals surface area contributed by atoms with E-state index in [9.17, 15) is 19.2 Å². The van der Waals surface area contributed by atoms with Crippen molar-refractivity contribution in [3.63, 3.8) is 0 Å². The molecule has 2 aromatic heterocycles. The molecule has 2 aliphatic heterocycles. The molecule has 14 rings (SSSR count). The zero-order valence-electron chi connectivity index (χ0n) is 42.6. The van der Waals surface area contributed by atoms with Gasteiger partial charge in [-0.25, -0.2) is 19.6 Å². The maximum Gasteiger partial charge on any atom is 0.407 e. The standard InChI is InChI=1S/C62H60N8O6/c1-75-61(73)67-55(47-11-5-3-6-12-47)59(71)69-33-9-15-53(69)57-63-37-51(65-57)45-29-25-43(26-30-45)49-35-39-17-21-41(49)23-19-40-18-22-42(24-20-39)50(36-40)44-27-31-46(32-28-44)52-38-64-58(66-52)54-16-10-34-70(54)60(72)56(68-62(74)76-2)48-13-7-4-8-14-48/h3-8,11-14,17-18,21-22,25-32,35-38,53-56H,9-10,15-16,19-20,23-24,33-34H2,1-2H3,(H,63,65)(H,64,66)(H,67,73)(H,68,74)/t53-,54-,55-,56-/m0/s1. The summed E-state index contributed by atoms with van der Waals surface area (Å²) in [5.74, 6) is 1.04. The molecule has 76 heavy (non-hydrogen) atoms. The maximum atomic E-state index is 14.1. The van der Waals surface area contributed by atoms with Crippen molar-refractivity contribution in [3.05, 3.63) is 203 Å². The molecule has 0 spiro atoms. The van der Waals surface area contributed by atoms with Crippen LogP contribution >= 0.6 is 0 Å². The number of carbonyl (C=O) groups excluding carboxylic acids is 4. The number of carbonyl (C=O) groups is 4. The second-order valence-electron chi connectivity index (χ2n) is 19.8. The van der Waals surface area contributed by atoms with E-state index in [1.165, 1.54) is 47.6 Å². The second kappa shape index (κ2) is 22.0. The molecule has 14 nitrogen and oxygen atoms in total. The lowest BCUT2D eigenvalue weighted by atomic mass is 9.87. The highest BCUT2D eigenvalue weighted by Gasteiger charge is 2.39. The van der Waals surface area contributed by atoms with Gasteiger partial charge in [-0.15, -0.1) is 0 Å². The molecule has 4 N–H and O–H groups in total. The van der Waals surface area contributed by atoms with Gasteiger partial charge in [-0.05, 0) is 107 Å². The number of aromatic amines is 2. The minimum absolute atomic E-state index is 0.202. The van der Waals surface area contributed by atoms with Gasteiger partial charge in [-0.2, -0.15) is 0 Å². The van der Waals surface area contributed by atoms with Gasteiger partial charge in [0.05, 0.1) is 37.7 Å². The molecule has 2 saturated heterocycles. The van der Waals surface area contributed by atoms with Crippen LogP contribution in [0.15, 0.2) is 158 Å². The van der Waals surface area contributed by atoms with Crippen molar-refractivity contribution in [1.82, 2.24) is 40.4 Å². The molecule has 4 heterocycles. The molecule has 0 saturated carbocycles. The molecule has 4 bridgehead atoms. The molecule has 4 amide bonds. The number of ether oxygens (including phenoxy) is 2. The summed E-state index contributed by atoms with van der Waals surface area (Å²) in [4.78, 5) is 73.2. The number of alkyl carbamates (subject to hydrolysis) is 2. The van der Waals surface area contributed by atoms with Crippen LogP contribution < -0.4 is 10.6 Å². The van der Waals surface area contributed by atoms with Crippen LogP contribution in [0.4, 0.5) is 9.59 Å². The molecule has 14 heteroatoms. The number of hydrogen-bond donors (Lipinski definition) is 4. The van der Waals surface area contributed by atoms with E-state index in [2.05, 4.69) is 106 Å². The van der Waals surface area contributed by atoms with E-state index in [0.717, 1.165) is 96.7 Å². The van der Waals surface area contributed by atoms with Gasteiger partial charge in [-0.1, -0.05) is 146 Å². The van der Waals surface area contributed by atoms with Gasteiger partial charge in [0.25, 0.3) is 11.8 Å². The predicted octanol–water partition coefficient (Wildman–Crippen LogP) is 11.2. The predicted molar refractivity (Wildman–Crippen MR) is 291 cm³/mol. The Bertz CT molecular complexity index is 3150. The minimum atomic E-state index is -0.881. The number of imidazole rings is 2. The molecule has 2 fully saturated rings. The molecule has 0 radical (unpaired) electrons. The first kappa shape index (κ1) is 49.4. The minimum Gasteiger partial charge on any atom is -0.453 e. The highest BCUT2D eigenvalue weighted by molar-refractivity contribution is 5.88. The summed E-state index contributed by atoms with van der Waals surface area (Å²) >= 11 is 0. The fraction of sp³-hybridized carbons (Fsp3) is 0.258. The summed E-state index contributed by atoms with van der Waals surface area (Å²) in [7, 11) is 2.59. The van der Waals surface area contributed by atoms with Gasteiger partial charge >= 0.3 is 12.2 Å². The van der Waals surface area contributed by atoms with Crippen molar-refractivity contribution in [2.75, 3.05) is 27.3 Å². The number of amides is 4. The SMILES string of the molecule is COC(=O)N[C@H](C(=O)N1CCC[C@H]1c1nc(-c2ccc(-c3cc4ccc3CCc3ccc(c(-c5ccc(-c6c[nH]c([C@@H]7CCCN7C(=O)[C@@H](NC(=O)OC)c7ccccc7)n6)cc5)c3)CC4)cc2)c[nH]1)c1ccccc1. The fourth-order valence-electron chi connectivity index (χ4n) is 11.2. The smallest absolute Gasteiger partial charge is 0.407 e. The number of H-pyrrole nitrogens is 2. The number of nitrogens with zero attached hydrogens (tertiary/aromatic N) is 4. The zero-order valence-corrected chi connectivity index (χ0v) is 42.6. The summed E-state index contributed by atoms with van der Waals surface area (Å²) in [6, 6.07) is 47.4. The number of nitrogens with one attached hydrogen (secondary N) is 4. The monoisotopic (exact) mass is 1010 g/mol. The van der Waals surface area contributed by atoms with E-state index in [-0.39, 0.29) is 23.9 Å². The van der Waals surface area contributed by atoms with Crippen LogP contribution in [0.3, 0.4) is 0 Å². The third kappa shape index (κ3) is 10.3. The summed E-state index contributed by atoms with van der Waals surface area (Å²) in [6.07, 6.45) is 9.20. The number of rotatable bonds is 12. The van der Waals surface area contributed by atoms with Gasteiger partial charge in [0.1, 0.15) is 23.7 Å². The summed E-state index contributed by atoms with van der Waals surface area (Å²) in [5, 5.41) is 5.49. The van der Waals surface area contributed by atoms with E-state index in [4.69, 9.17) is 19.4 Å². The van der Waals surface area contributed by atoms with Crippen molar-refractivity contribution in [2.24, 2.45) is 0 Å². The van der Waals surface area contributed by atoms with Crippen molar-refractivity contribution < 1.29 is 28.7 Å². The molecule has 4 atom stereocenters. The zero-order chi connectivity index (χ0) is 52.1. The quantitative estimate of drug-likeness (QED) is 0.0935. The third-order valence-electron chi connectivity index (χ3n) is 15.3. The lowest BCUT2D eigenvalue weighted by Crippen LogP contribution is -2.42. The molecular weight excluding hydrogens is 953 g/mol. The number of likely N-dealkylation sites (tertiary alicyclic amines) is 2. The largest absolute Gasteiger partial charge is 0.453 e. The Morgan fingerprint density at radius 3 is 1.30 bits per heavy atom. The van der Waals surface area contributed by atoms with Crippen molar-refractivity contribution in [2.45, 2.75) is 75.5 Å². The van der Waals surface area contributed by atoms with Crippen LogP contribution in [-0.2, 0) is 44.7 Å². The lowest BCUT2D eigenvalue weighted by Gasteiger charge is -2.28. The first-order chi connectivity index (χ1) is 37.2. The molecule has 6 aliphatic rings. The number of aromatic nitrogens is 4. The lowest BCUT2D eigenvalue weighted by molar-refractivity contribution is -0.135. The Morgan fingerprint density at radius 2 is 0.908 bits per heavy atom. The van der Waals surface area contributed by atoms with E-state index in [0.29, 0.717) is 24.2 Å². The third-order valence-corrected chi connectivity index (χ3v) is 15.3. The van der Waals surface area contributed by atoms with Crippen LogP contribution in [0.1, 0.15) is 94.9 Å². The van der Waals surface area contributed by atoms with E-state index < -0.39 is 24.3 Å². The van der Waals surface area contributed by atoms with Crippen molar-refractivity contribution >= 4 is 24.0 Å². The van der Waals surface area contributed by atoms with Crippen molar-refractivity contribution in [3.8, 4) is 44.8 Å². The van der Waals surface area contributed by atoms with E-state index in [1.807, 2.05) is 82.9 Å². The van der Waals surface area contributed by atoms with E-state index >= 15 is 0 Å². The Balaban J connectivity index is 0.762. The Kier molecular flexibility index (Phi) is 14.3. The molecule has 0 unspecified atom stereocenters. The first-order valence-electron chi connectivity index (χ1n) is 26.2. The van der Waals surface area contributed by atoms with Gasteiger partial charge < -0.3 is 39.9 Å². The number of methoxy groups -OCH3 is 2. The van der Waals surface area contributed by atoms with Gasteiger partial charge in [-0.3, -0.25) is 9.59 Å². The van der Waals surface area contributed by atoms with Crippen molar-refractivity contribution in [1.29, 1.82) is 0 Å². The van der Waals surface area contributed by atoms with Crippen LogP contribution in [0.2, 0.25) is 0 Å². The highest BCUT2D eigenvalue weighted by atomic mass is 16.5. The first-order valence-corrected chi connectivity index (χ1v) is 26.2. The Morgan fingerprint density at radius 1 is 0.513 bits per heavy atom. The average molecular weight is 1010 g/mol. The molecule has 4 aliphatic carbocycles.